The van der Waals surface area contributed by atoms with Crippen LogP contribution < -0.4 is 9.64 Å². The summed E-state index contributed by atoms with van der Waals surface area (Å²) in [5.74, 6) is 0.962. The summed E-state index contributed by atoms with van der Waals surface area (Å²) in [7, 11) is 0. The summed E-state index contributed by atoms with van der Waals surface area (Å²) in [6.07, 6.45) is 1.07. The Balaban J connectivity index is 1.85. The number of benzene rings is 1. The summed E-state index contributed by atoms with van der Waals surface area (Å²) in [4.78, 5) is 1.62. The highest BCUT2D eigenvalue weighted by Crippen LogP contribution is 2.33. The molecule has 0 spiro atoms. The van der Waals surface area contributed by atoms with E-state index < -0.39 is 0 Å². The van der Waals surface area contributed by atoms with Crippen LogP contribution in [0.5, 0.6) is 5.75 Å². The summed E-state index contributed by atoms with van der Waals surface area (Å²) in [6, 6.07) is 5.91. The predicted octanol–water partition coefficient (Wildman–Crippen LogP) is 2.32. The summed E-state index contributed by atoms with van der Waals surface area (Å²) in [6.45, 7) is 12.5. The largest absolute Gasteiger partial charge is 0.493 e. The monoisotopic (exact) mass is 312 g/mol. The molecule has 1 heterocycles. The van der Waals surface area contributed by atoms with Crippen molar-refractivity contribution in [2.45, 2.75) is 32.6 Å². The molecule has 0 unspecified atom stereocenters. The molecule has 1 aromatic rings. The van der Waals surface area contributed by atoms with Gasteiger partial charge in [-0.2, -0.15) is 0 Å². The highest BCUT2D eigenvalue weighted by molar-refractivity contribution is 6.30. The van der Waals surface area contributed by atoms with E-state index in [-0.39, 0.29) is 5.41 Å². The number of hydrogen-bond acceptors (Lipinski definition) is 2. The van der Waals surface area contributed by atoms with Crippen LogP contribution in [0.25, 0.3) is 0 Å². The van der Waals surface area contributed by atoms with Crippen molar-refractivity contribution in [3.8, 4) is 5.75 Å². The van der Waals surface area contributed by atoms with Gasteiger partial charge in [0, 0.05) is 17.0 Å². The van der Waals surface area contributed by atoms with E-state index in [0.717, 1.165) is 56.6 Å². The van der Waals surface area contributed by atoms with Crippen LogP contribution in [0.4, 0.5) is 0 Å². The Bertz CT molecular complexity index is 451. The van der Waals surface area contributed by atoms with Gasteiger partial charge in [-0.15, -0.1) is 0 Å². The van der Waals surface area contributed by atoms with Gasteiger partial charge in [-0.3, -0.25) is 0 Å². The molecule has 1 aliphatic heterocycles. The predicted molar refractivity (Wildman–Crippen MR) is 86.6 cm³/mol. The fraction of sp³-hybridized carbons (Fsp3) is 0.647. The van der Waals surface area contributed by atoms with Crippen LogP contribution in [0.3, 0.4) is 0 Å². The van der Waals surface area contributed by atoms with Crippen molar-refractivity contribution in [3.63, 3.8) is 0 Å². The third-order valence-corrected chi connectivity index (χ3v) is 4.12. The number of hydrogen-bond donors (Lipinski definition) is 1. The molecule has 0 saturated carbocycles. The highest BCUT2D eigenvalue weighted by Gasteiger charge is 2.19. The van der Waals surface area contributed by atoms with Crippen molar-refractivity contribution < 1.29 is 14.4 Å². The Morgan fingerprint density at radius 3 is 2.62 bits per heavy atom. The molecule has 1 saturated heterocycles. The van der Waals surface area contributed by atoms with E-state index >= 15 is 0 Å². The maximum absolute atomic E-state index is 6.12. The van der Waals surface area contributed by atoms with Crippen molar-refractivity contribution in [3.05, 3.63) is 28.8 Å². The molecule has 2 rings (SSSR count). The van der Waals surface area contributed by atoms with Crippen molar-refractivity contribution in [2.75, 3.05) is 39.5 Å². The Morgan fingerprint density at radius 1 is 1.24 bits per heavy atom. The zero-order valence-electron chi connectivity index (χ0n) is 13.4. The standard InChI is InChI=1S/C17H26ClNO2/c1-17(2,3)15-13-14(18)5-6-16(15)21-10-4-7-19-8-11-20-12-9-19/h5-6,13H,4,7-12H2,1-3H3/p+1. The molecule has 1 fully saturated rings. The molecule has 0 amide bonds. The number of morpholine rings is 1. The summed E-state index contributed by atoms with van der Waals surface area (Å²) >= 11 is 6.12. The second kappa shape index (κ2) is 7.48. The molecule has 4 heteroatoms. The molecule has 21 heavy (non-hydrogen) atoms. The normalized spacial score (nSPS) is 17.0. The molecule has 0 bridgehead atoms. The first-order valence-electron chi connectivity index (χ1n) is 7.81. The van der Waals surface area contributed by atoms with Gasteiger partial charge in [-0.1, -0.05) is 32.4 Å². The second-order valence-electron chi connectivity index (χ2n) is 6.70. The van der Waals surface area contributed by atoms with E-state index in [2.05, 4.69) is 20.8 Å². The molecular weight excluding hydrogens is 286 g/mol. The van der Waals surface area contributed by atoms with Gasteiger partial charge in [0.15, 0.2) is 0 Å². The maximum atomic E-state index is 6.12. The minimum Gasteiger partial charge on any atom is -0.493 e. The number of rotatable bonds is 5. The first-order chi connectivity index (χ1) is 9.97. The van der Waals surface area contributed by atoms with Crippen molar-refractivity contribution in [1.29, 1.82) is 0 Å². The van der Waals surface area contributed by atoms with Crippen LogP contribution >= 0.6 is 11.6 Å². The van der Waals surface area contributed by atoms with Crippen molar-refractivity contribution >= 4 is 11.6 Å². The quantitative estimate of drug-likeness (QED) is 0.843. The van der Waals surface area contributed by atoms with Crippen LogP contribution in [0, 0.1) is 0 Å². The van der Waals surface area contributed by atoms with E-state index in [1.807, 2.05) is 18.2 Å². The van der Waals surface area contributed by atoms with Gasteiger partial charge in [0.1, 0.15) is 18.8 Å². The highest BCUT2D eigenvalue weighted by atomic mass is 35.5. The fourth-order valence-corrected chi connectivity index (χ4v) is 2.80. The average Bonchev–Trinajstić information content (AvgIpc) is 2.45. The first kappa shape index (κ1) is 16.6. The number of halogens is 1. The molecule has 1 aromatic carbocycles. The summed E-state index contributed by atoms with van der Waals surface area (Å²) in [5.41, 5.74) is 1.21. The van der Waals surface area contributed by atoms with E-state index in [9.17, 15) is 0 Å². The molecule has 0 radical (unpaired) electrons. The molecule has 0 atom stereocenters. The lowest BCUT2D eigenvalue weighted by Crippen LogP contribution is -3.14. The molecule has 3 nitrogen and oxygen atoms in total. The molecule has 1 aliphatic rings. The van der Waals surface area contributed by atoms with E-state index in [0.29, 0.717) is 0 Å². The van der Waals surface area contributed by atoms with E-state index in [1.165, 1.54) is 5.56 Å². The molecule has 0 aliphatic carbocycles. The molecule has 1 N–H and O–H groups in total. The van der Waals surface area contributed by atoms with Gasteiger partial charge in [0.25, 0.3) is 0 Å². The van der Waals surface area contributed by atoms with Crippen LogP contribution in [-0.2, 0) is 10.2 Å². The summed E-state index contributed by atoms with van der Waals surface area (Å²) < 4.78 is 11.4. The smallest absolute Gasteiger partial charge is 0.123 e. The lowest BCUT2D eigenvalue weighted by molar-refractivity contribution is -0.908. The van der Waals surface area contributed by atoms with Crippen LogP contribution in [0.15, 0.2) is 18.2 Å². The zero-order chi connectivity index (χ0) is 15.3. The van der Waals surface area contributed by atoms with Crippen LogP contribution in [0.1, 0.15) is 32.8 Å². The molecule has 118 valence electrons. The number of ether oxygens (including phenoxy) is 2. The summed E-state index contributed by atoms with van der Waals surface area (Å²) in [5, 5.41) is 0.769. The minimum atomic E-state index is 0.0374. The Hall–Kier alpha value is -0.770. The first-order valence-corrected chi connectivity index (χ1v) is 8.19. The average molecular weight is 313 g/mol. The molecular formula is C17H27ClNO2+. The van der Waals surface area contributed by atoms with Gasteiger partial charge < -0.3 is 14.4 Å². The van der Waals surface area contributed by atoms with Gasteiger partial charge >= 0.3 is 0 Å². The van der Waals surface area contributed by atoms with E-state index in [4.69, 9.17) is 21.1 Å². The maximum Gasteiger partial charge on any atom is 0.123 e. The van der Waals surface area contributed by atoms with Crippen molar-refractivity contribution in [1.82, 2.24) is 0 Å². The topological polar surface area (TPSA) is 22.9 Å². The SMILES string of the molecule is CC(C)(C)c1cc(Cl)ccc1OCCC[NH+]1CCOCC1. The second-order valence-corrected chi connectivity index (χ2v) is 7.14. The third kappa shape index (κ3) is 5.17. The lowest BCUT2D eigenvalue weighted by Gasteiger charge is -2.25. The minimum absolute atomic E-state index is 0.0374. The number of nitrogens with one attached hydrogen (secondary N) is 1. The van der Waals surface area contributed by atoms with Gasteiger partial charge in [-0.05, 0) is 23.6 Å². The van der Waals surface area contributed by atoms with Crippen LogP contribution in [-0.4, -0.2) is 39.5 Å². The lowest BCUT2D eigenvalue weighted by atomic mass is 9.86. The van der Waals surface area contributed by atoms with Gasteiger partial charge in [0.2, 0.25) is 0 Å². The van der Waals surface area contributed by atoms with Crippen LogP contribution in [0.2, 0.25) is 5.02 Å². The number of quaternary nitrogens is 1. The van der Waals surface area contributed by atoms with Gasteiger partial charge in [0.05, 0.1) is 26.4 Å². The Morgan fingerprint density at radius 2 is 1.95 bits per heavy atom. The third-order valence-electron chi connectivity index (χ3n) is 3.88. The van der Waals surface area contributed by atoms with Crippen molar-refractivity contribution in [2.24, 2.45) is 0 Å². The van der Waals surface area contributed by atoms with Gasteiger partial charge in [-0.25, -0.2) is 0 Å². The Kier molecular flexibility index (Phi) is 5.91. The fourth-order valence-electron chi connectivity index (χ4n) is 2.63. The Labute approximate surface area is 133 Å². The van der Waals surface area contributed by atoms with E-state index in [1.54, 1.807) is 4.90 Å². The zero-order valence-corrected chi connectivity index (χ0v) is 14.1. The molecule has 0 aromatic heterocycles.